The normalized spacial score (nSPS) is 12.8. The first-order valence-corrected chi connectivity index (χ1v) is 8.79. The molecule has 0 aliphatic heterocycles. The molecule has 11 heteroatoms. The predicted octanol–water partition coefficient (Wildman–Crippen LogP) is 0.563. The summed E-state index contributed by atoms with van der Waals surface area (Å²) in [5.74, 6) is -3.27. The van der Waals surface area contributed by atoms with Crippen LogP contribution >= 0.6 is 0 Å². The van der Waals surface area contributed by atoms with Crippen molar-refractivity contribution in [2.24, 2.45) is 0 Å². The van der Waals surface area contributed by atoms with E-state index >= 15 is 0 Å². The molecule has 0 aliphatic carbocycles. The molecule has 2 unspecified atom stereocenters. The van der Waals surface area contributed by atoms with Gasteiger partial charge in [0.05, 0.1) is 12.2 Å². The molecule has 0 aliphatic rings. The van der Waals surface area contributed by atoms with E-state index in [9.17, 15) is 19.5 Å². The molecular formula is C19H25NO10. The van der Waals surface area contributed by atoms with Crippen molar-refractivity contribution in [3.8, 4) is 5.75 Å². The second-order valence-electron chi connectivity index (χ2n) is 6.50. The first-order valence-electron chi connectivity index (χ1n) is 8.79. The van der Waals surface area contributed by atoms with Gasteiger partial charge in [-0.15, -0.1) is 0 Å². The lowest BCUT2D eigenvalue weighted by Crippen LogP contribution is -2.39. The van der Waals surface area contributed by atoms with Crippen molar-refractivity contribution in [1.82, 2.24) is 4.90 Å². The highest BCUT2D eigenvalue weighted by molar-refractivity contribution is 6.05. The molecule has 2 aromatic rings. The topological polar surface area (TPSA) is 178 Å². The van der Waals surface area contributed by atoms with Crippen LogP contribution in [0.5, 0.6) is 5.75 Å². The van der Waals surface area contributed by atoms with Gasteiger partial charge in [-0.1, -0.05) is 0 Å². The monoisotopic (exact) mass is 427 g/mol. The highest BCUT2D eigenvalue weighted by atomic mass is 16.5. The highest BCUT2D eigenvalue weighted by Crippen LogP contribution is 2.34. The maximum atomic E-state index is 12.0. The smallest absolute Gasteiger partial charge is 0.342 e. The fraction of sp³-hybridized carbons (Fsp3) is 0.421. The number of phenols is 1. The zero-order valence-corrected chi connectivity index (χ0v) is 16.9. The van der Waals surface area contributed by atoms with E-state index in [2.05, 4.69) is 0 Å². The zero-order chi connectivity index (χ0) is 23.2. The lowest BCUT2D eigenvalue weighted by atomic mass is 10.1. The summed E-state index contributed by atoms with van der Waals surface area (Å²) in [7, 11) is 3.81. The van der Waals surface area contributed by atoms with Crippen molar-refractivity contribution in [3.05, 3.63) is 29.0 Å². The molecule has 0 saturated heterocycles. The van der Waals surface area contributed by atoms with Crippen LogP contribution in [0.25, 0.3) is 11.0 Å². The predicted molar refractivity (Wildman–Crippen MR) is 103 cm³/mol. The van der Waals surface area contributed by atoms with Crippen LogP contribution in [0, 0.1) is 6.92 Å². The number of furan rings is 1. The van der Waals surface area contributed by atoms with Crippen LogP contribution in [-0.4, -0.2) is 81.3 Å². The number of esters is 1. The molecule has 0 amide bonds. The number of carboxylic acids is 2. The van der Waals surface area contributed by atoms with Crippen molar-refractivity contribution in [3.63, 3.8) is 0 Å². The summed E-state index contributed by atoms with van der Waals surface area (Å²) < 4.78 is 10.7. The Balaban J connectivity index is 0.000000382. The van der Waals surface area contributed by atoms with E-state index in [1.165, 1.54) is 0 Å². The summed E-state index contributed by atoms with van der Waals surface area (Å²) in [6.07, 6.45) is -4.53. The first-order chi connectivity index (χ1) is 13.9. The van der Waals surface area contributed by atoms with Gasteiger partial charge in [0.15, 0.2) is 12.2 Å². The molecule has 2 atom stereocenters. The van der Waals surface area contributed by atoms with Crippen molar-refractivity contribution in [2.45, 2.75) is 32.6 Å². The molecule has 0 saturated carbocycles. The van der Waals surface area contributed by atoms with Gasteiger partial charge in [0.1, 0.15) is 22.7 Å². The van der Waals surface area contributed by atoms with E-state index in [1.54, 1.807) is 26.0 Å². The lowest BCUT2D eigenvalue weighted by molar-refractivity contribution is -0.165. The summed E-state index contributed by atoms with van der Waals surface area (Å²) >= 11 is 0. The Hall–Kier alpha value is -3.15. The number of ether oxygens (including phenoxy) is 1. The number of nitrogens with zero attached hydrogens (tertiary/aromatic N) is 1. The SMILES string of the molecule is CCOC(=O)c1c(C)oc2c(CN(C)C)c(O)ccc12.O=C(O)C(O)C(O)C(=O)O. The van der Waals surface area contributed by atoms with Gasteiger partial charge in [-0.05, 0) is 40.1 Å². The van der Waals surface area contributed by atoms with Gasteiger partial charge >= 0.3 is 17.9 Å². The Morgan fingerprint density at radius 1 is 1.10 bits per heavy atom. The number of aromatic hydroxyl groups is 1. The standard InChI is InChI=1S/C15H19NO4.C4H6O6/c1-5-19-15(18)13-9(2)20-14-10(13)6-7-12(17)11(14)8-16(3)4;5-1(3(7)8)2(6)4(9)10/h6-7,17H,5,8H2,1-4H3;1-2,5-6H,(H,7,8)(H,9,10). The minimum Gasteiger partial charge on any atom is -0.507 e. The van der Waals surface area contributed by atoms with E-state index in [0.717, 1.165) is 0 Å². The van der Waals surface area contributed by atoms with Crippen LogP contribution in [0.15, 0.2) is 16.5 Å². The van der Waals surface area contributed by atoms with Crippen molar-refractivity contribution < 1.29 is 49.1 Å². The van der Waals surface area contributed by atoms with Crippen LogP contribution < -0.4 is 0 Å². The summed E-state index contributed by atoms with van der Waals surface area (Å²) in [6, 6.07) is 3.27. The van der Waals surface area contributed by atoms with Crippen LogP contribution in [0.2, 0.25) is 0 Å². The first kappa shape index (κ1) is 24.9. The van der Waals surface area contributed by atoms with Gasteiger partial charge in [0.25, 0.3) is 0 Å². The fourth-order valence-electron chi connectivity index (χ4n) is 2.52. The molecule has 166 valence electrons. The molecule has 1 aromatic heterocycles. The molecule has 11 nitrogen and oxygen atoms in total. The Kier molecular flexibility index (Phi) is 8.77. The summed E-state index contributed by atoms with van der Waals surface area (Å²) in [5.41, 5.74) is 1.65. The van der Waals surface area contributed by atoms with Gasteiger partial charge < -0.3 is 39.6 Å². The van der Waals surface area contributed by atoms with Gasteiger partial charge in [-0.2, -0.15) is 0 Å². The number of phenolic OH excluding ortho intramolecular Hbond substituents is 1. The number of fused-ring (bicyclic) bond motifs is 1. The molecule has 0 radical (unpaired) electrons. The minimum atomic E-state index is -2.27. The number of aliphatic hydroxyl groups excluding tert-OH is 2. The zero-order valence-electron chi connectivity index (χ0n) is 16.9. The van der Waals surface area contributed by atoms with Crippen LogP contribution in [0.1, 0.15) is 28.6 Å². The van der Waals surface area contributed by atoms with Crippen LogP contribution in [0.4, 0.5) is 0 Å². The summed E-state index contributed by atoms with van der Waals surface area (Å²) in [6.45, 7) is 4.33. The molecular weight excluding hydrogens is 402 g/mol. The molecule has 1 aromatic carbocycles. The van der Waals surface area contributed by atoms with Crippen molar-refractivity contribution in [1.29, 1.82) is 0 Å². The van der Waals surface area contributed by atoms with Gasteiger partial charge in [-0.25, -0.2) is 14.4 Å². The van der Waals surface area contributed by atoms with E-state index in [-0.39, 0.29) is 5.75 Å². The number of aliphatic hydroxyl groups is 2. The second-order valence-corrected chi connectivity index (χ2v) is 6.50. The molecule has 30 heavy (non-hydrogen) atoms. The van der Waals surface area contributed by atoms with E-state index < -0.39 is 30.1 Å². The Bertz CT molecular complexity index is 900. The maximum absolute atomic E-state index is 12.0. The number of benzene rings is 1. The third-order valence-electron chi connectivity index (χ3n) is 3.87. The van der Waals surface area contributed by atoms with Crippen LogP contribution in [-0.2, 0) is 20.9 Å². The second kappa shape index (κ2) is 10.6. The fourth-order valence-corrected chi connectivity index (χ4v) is 2.52. The quantitative estimate of drug-likeness (QED) is 0.390. The Morgan fingerprint density at radius 2 is 1.63 bits per heavy atom. The molecule has 0 spiro atoms. The average molecular weight is 427 g/mol. The van der Waals surface area contributed by atoms with Crippen molar-refractivity contribution >= 4 is 28.9 Å². The van der Waals surface area contributed by atoms with Gasteiger partial charge in [-0.3, -0.25) is 0 Å². The number of rotatable bonds is 7. The largest absolute Gasteiger partial charge is 0.507 e. The molecule has 2 rings (SSSR count). The molecule has 0 bridgehead atoms. The van der Waals surface area contributed by atoms with Gasteiger partial charge in [0, 0.05) is 11.9 Å². The number of aryl methyl sites for hydroxylation is 1. The number of aliphatic carboxylic acids is 2. The van der Waals surface area contributed by atoms with Crippen LogP contribution in [0.3, 0.4) is 0 Å². The Labute approximate surface area is 171 Å². The number of hydrogen-bond acceptors (Lipinski definition) is 9. The maximum Gasteiger partial charge on any atom is 0.342 e. The number of hydrogen-bond donors (Lipinski definition) is 5. The van der Waals surface area contributed by atoms with Crippen molar-refractivity contribution in [2.75, 3.05) is 20.7 Å². The number of carbonyl (C=O) groups excluding carboxylic acids is 1. The highest BCUT2D eigenvalue weighted by Gasteiger charge is 2.29. The molecule has 5 N–H and O–H groups in total. The lowest BCUT2D eigenvalue weighted by Gasteiger charge is -2.11. The number of carbonyl (C=O) groups is 3. The average Bonchev–Trinajstić information content (AvgIpc) is 2.99. The van der Waals surface area contributed by atoms with E-state index in [0.29, 0.717) is 41.0 Å². The summed E-state index contributed by atoms with van der Waals surface area (Å²) in [4.78, 5) is 33.5. The minimum absolute atomic E-state index is 0.162. The molecule has 1 heterocycles. The number of carboxylic acid groups (broad SMARTS) is 2. The van der Waals surface area contributed by atoms with Gasteiger partial charge in [0.2, 0.25) is 0 Å². The summed E-state index contributed by atoms with van der Waals surface area (Å²) in [5, 5.41) is 43.2. The third-order valence-corrected chi connectivity index (χ3v) is 3.87. The third kappa shape index (κ3) is 5.92. The Morgan fingerprint density at radius 3 is 2.07 bits per heavy atom. The van der Waals surface area contributed by atoms with E-state index in [1.807, 2.05) is 19.0 Å². The van der Waals surface area contributed by atoms with E-state index in [4.69, 9.17) is 29.6 Å². The molecule has 0 fully saturated rings.